The minimum atomic E-state index is 0.321. The molecule has 0 amide bonds. The standard InChI is InChI=1S/C13H18BrNO/c1-10(12-3-2-4-13(14)7-12)15-6-5-11(8-15)9-16/h2-4,7,10-11,16H,5-6,8-9H2,1H3. The Labute approximate surface area is 105 Å². The van der Waals surface area contributed by atoms with Crippen LogP contribution in [0.4, 0.5) is 0 Å². The summed E-state index contributed by atoms with van der Waals surface area (Å²) in [6.07, 6.45) is 1.12. The summed E-state index contributed by atoms with van der Waals surface area (Å²) in [5.41, 5.74) is 1.34. The molecule has 2 unspecified atom stereocenters. The fourth-order valence-corrected chi connectivity index (χ4v) is 2.76. The number of likely N-dealkylation sites (tertiary alicyclic amines) is 1. The summed E-state index contributed by atoms with van der Waals surface area (Å²) in [5, 5.41) is 9.15. The zero-order chi connectivity index (χ0) is 11.5. The topological polar surface area (TPSA) is 23.5 Å². The van der Waals surface area contributed by atoms with Crippen LogP contribution in [-0.2, 0) is 0 Å². The second kappa shape index (κ2) is 5.30. The number of rotatable bonds is 3. The van der Waals surface area contributed by atoms with Gasteiger partial charge >= 0.3 is 0 Å². The van der Waals surface area contributed by atoms with E-state index in [9.17, 15) is 0 Å². The van der Waals surface area contributed by atoms with E-state index in [1.165, 1.54) is 5.56 Å². The summed E-state index contributed by atoms with van der Waals surface area (Å²) >= 11 is 3.51. The van der Waals surface area contributed by atoms with Crippen molar-refractivity contribution in [2.45, 2.75) is 19.4 Å². The first-order chi connectivity index (χ1) is 7.70. The molecule has 1 aromatic carbocycles. The number of benzene rings is 1. The summed E-state index contributed by atoms with van der Waals surface area (Å²) in [5.74, 6) is 0.467. The third-order valence-corrected chi connectivity index (χ3v) is 3.95. The maximum atomic E-state index is 9.15. The van der Waals surface area contributed by atoms with E-state index < -0.39 is 0 Å². The molecule has 0 bridgehead atoms. The molecule has 1 aliphatic heterocycles. The molecule has 1 aromatic rings. The molecular formula is C13H18BrNO. The molecule has 2 rings (SSSR count). The van der Waals surface area contributed by atoms with Crippen LogP contribution in [0.5, 0.6) is 0 Å². The molecule has 0 saturated carbocycles. The van der Waals surface area contributed by atoms with Gasteiger partial charge in [0.1, 0.15) is 0 Å². The van der Waals surface area contributed by atoms with Crippen LogP contribution >= 0.6 is 15.9 Å². The van der Waals surface area contributed by atoms with E-state index in [0.717, 1.165) is 24.0 Å². The van der Waals surface area contributed by atoms with Gasteiger partial charge in [0.25, 0.3) is 0 Å². The number of aliphatic hydroxyl groups excluding tert-OH is 1. The smallest absolute Gasteiger partial charge is 0.0471 e. The van der Waals surface area contributed by atoms with Gasteiger partial charge in [-0.3, -0.25) is 4.90 Å². The number of hydrogen-bond donors (Lipinski definition) is 1. The zero-order valence-corrected chi connectivity index (χ0v) is 11.2. The quantitative estimate of drug-likeness (QED) is 0.922. The van der Waals surface area contributed by atoms with Gasteiger partial charge in [-0.25, -0.2) is 0 Å². The third-order valence-electron chi connectivity index (χ3n) is 3.45. The van der Waals surface area contributed by atoms with Crippen molar-refractivity contribution >= 4 is 15.9 Å². The van der Waals surface area contributed by atoms with Crippen molar-refractivity contribution in [3.63, 3.8) is 0 Å². The van der Waals surface area contributed by atoms with Crippen LogP contribution in [0.15, 0.2) is 28.7 Å². The Morgan fingerprint density at radius 1 is 1.56 bits per heavy atom. The summed E-state index contributed by atoms with van der Waals surface area (Å²) in [6, 6.07) is 8.92. The fraction of sp³-hybridized carbons (Fsp3) is 0.538. The van der Waals surface area contributed by atoms with Crippen molar-refractivity contribution < 1.29 is 5.11 Å². The molecule has 2 nitrogen and oxygen atoms in total. The van der Waals surface area contributed by atoms with Gasteiger partial charge in [-0.15, -0.1) is 0 Å². The number of hydrogen-bond acceptors (Lipinski definition) is 2. The summed E-state index contributed by atoms with van der Waals surface area (Å²) in [6.45, 7) is 4.67. The Hall–Kier alpha value is -0.380. The second-order valence-electron chi connectivity index (χ2n) is 4.56. The fourth-order valence-electron chi connectivity index (χ4n) is 2.34. The van der Waals surface area contributed by atoms with Crippen LogP contribution in [0.1, 0.15) is 24.9 Å². The number of halogens is 1. The molecule has 1 saturated heterocycles. The predicted molar refractivity (Wildman–Crippen MR) is 69.3 cm³/mol. The molecule has 3 heteroatoms. The van der Waals surface area contributed by atoms with Crippen molar-refractivity contribution in [2.75, 3.05) is 19.7 Å². The van der Waals surface area contributed by atoms with Gasteiger partial charge in [-0.1, -0.05) is 28.1 Å². The average Bonchev–Trinajstić information content (AvgIpc) is 2.76. The minimum Gasteiger partial charge on any atom is -0.396 e. The monoisotopic (exact) mass is 283 g/mol. The molecule has 1 heterocycles. The Kier molecular flexibility index (Phi) is 4.00. The Morgan fingerprint density at radius 3 is 3.00 bits per heavy atom. The summed E-state index contributed by atoms with van der Waals surface area (Å²) < 4.78 is 1.13. The largest absolute Gasteiger partial charge is 0.396 e. The molecule has 0 aliphatic carbocycles. The van der Waals surface area contributed by atoms with E-state index in [-0.39, 0.29) is 0 Å². The highest BCUT2D eigenvalue weighted by Gasteiger charge is 2.26. The van der Waals surface area contributed by atoms with Crippen molar-refractivity contribution in [2.24, 2.45) is 5.92 Å². The van der Waals surface area contributed by atoms with Gasteiger partial charge in [0.05, 0.1) is 0 Å². The summed E-state index contributed by atoms with van der Waals surface area (Å²) in [7, 11) is 0. The summed E-state index contributed by atoms with van der Waals surface area (Å²) in [4.78, 5) is 2.45. The molecule has 0 aromatic heterocycles. The maximum absolute atomic E-state index is 9.15. The maximum Gasteiger partial charge on any atom is 0.0471 e. The normalized spacial score (nSPS) is 23.6. The van der Waals surface area contributed by atoms with Gasteiger partial charge in [0.15, 0.2) is 0 Å². The molecular weight excluding hydrogens is 266 g/mol. The van der Waals surface area contributed by atoms with Crippen LogP contribution in [0.2, 0.25) is 0 Å². The SMILES string of the molecule is CC(c1cccc(Br)c1)N1CCC(CO)C1. The van der Waals surface area contributed by atoms with Crippen molar-refractivity contribution in [3.05, 3.63) is 34.3 Å². The zero-order valence-electron chi connectivity index (χ0n) is 9.56. The molecule has 2 atom stereocenters. The molecule has 1 N–H and O–H groups in total. The first kappa shape index (κ1) is 12.1. The van der Waals surface area contributed by atoms with Crippen LogP contribution in [0.3, 0.4) is 0 Å². The highest BCUT2D eigenvalue weighted by Crippen LogP contribution is 2.28. The lowest BCUT2D eigenvalue weighted by atomic mass is 10.1. The number of aliphatic hydroxyl groups is 1. The first-order valence-electron chi connectivity index (χ1n) is 5.81. The molecule has 0 radical (unpaired) electrons. The Balaban J connectivity index is 2.05. The lowest BCUT2D eigenvalue weighted by molar-refractivity contribution is 0.204. The van der Waals surface area contributed by atoms with Crippen molar-refractivity contribution in [1.29, 1.82) is 0 Å². The first-order valence-corrected chi connectivity index (χ1v) is 6.60. The number of nitrogens with zero attached hydrogens (tertiary/aromatic N) is 1. The lowest BCUT2D eigenvalue weighted by Crippen LogP contribution is -2.25. The Bertz CT molecular complexity index is 356. The molecule has 88 valence electrons. The van der Waals surface area contributed by atoms with Crippen LogP contribution < -0.4 is 0 Å². The van der Waals surface area contributed by atoms with Crippen molar-refractivity contribution in [3.8, 4) is 0 Å². The van der Waals surface area contributed by atoms with Crippen LogP contribution in [-0.4, -0.2) is 29.7 Å². The third kappa shape index (κ3) is 2.65. The van der Waals surface area contributed by atoms with E-state index >= 15 is 0 Å². The van der Waals surface area contributed by atoms with Crippen LogP contribution in [0, 0.1) is 5.92 Å². The Morgan fingerprint density at radius 2 is 2.38 bits per heavy atom. The van der Waals surface area contributed by atoms with E-state index in [0.29, 0.717) is 18.6 Å². The van der Waals surface area contributed by atoms with E-state index in [1.807, 2.05) is 0 Å². The van der Waals surface area contributed by atoms with E-state index in [1.54, 1.807) is 0 Å². The minimum absolute atomic E-state index is 0.321. The van der Waals surface area contributed by atoms with E-state index in [4.69, 9.17) is 5.11 Å². The molecule has 1 fully saturated rings. The molecule has 16 heavy (non-hydrogen) atoms. The highest BCUT2D eigenvalue weighted by molar-refractivity contribution is 9.10. The van der Waals surface area contributed by atoms with Gasteiger partial charge in [-0.2, -0.15) is 0 Å². The van der Waals surface area contributed by atoms with Gasteiger partial charge < -0.3 is 5.11 Å². The molecule has 1 aliphatic rings. The van der Waals surface area contributed by atoms with Gasteiger partial charge in [-0.05, 0) is 43.5 Å². The predicted octanol–water partition coefficient (Wildman–Crippen LogP) is 2.82. The average molecular weight is 284 g/mol. The van der Waals surface area contributed by atoms with Crippen LogP contribution in [0.25, 0.3) is 0 Å². The molecule has 0 spiro atoms. The second-order valence-corrected chi connectivity index (χ2v) is 5.48. The lowest BCUT2D eigenvalue weighted by Gasteiger charge is -2.24. The van der Waals surface area contributed by atoms with Gasteiger partial charge in [0.2, 0.25) is 0 Å². The highest BCUT2D eigenvalue weighted by atomic mass is 79.9. The van der Waals surface area contributed by atoms with Gasteiger partial charge in [0, 0.05) is 23.7 Å². The van der Waals surface area contributed by atoms with Crippen molar-refractivity contribution in [1.82, 2.24) is 4.90 Å². The van der Waals surface area contributed by atoms with E-state index in [2.05, 4.69) is 52.0 Å².